The molecule has 3 heteroatoms. The van der Waals surface area contributed by atoms with Crippen molar-refractivity contribution in [3.05, 3.63) is 47.0 Å². The fraction of sp³-hybridized carbons (Fsp3) is 0.438. The lowest BCUT2D eigenvalue weighted by Crippen LogP contribution is -2.20. The molecule has 2 rings (SSSR count). The van der Waals surface area contributed by atoms with E-state index in [4.69, 9.17) is 5.73 Å². The van der Waals surface area contributed by atoms with Crippen molar-refractivity contribution in [1.29, 1.82) is 0 Å². The number of allylic oxidation sites excluding steroid dienone is 1. The maximum atomic E-state index is 11.3. The zero-order valence-electron chi connectivity index (χ0n) is 11.3. The van der Waals surface area contributed by atoms with Crippen molar-refractivity contribution >= 4 is 5.91 Å². The summed E-state index contributed by atoms with van der Waals surface area (Å²) in [5, 5.41) is 3.40. The van der Waals surface area contributed by atoms with Crippen LogP contribution >= 0.6 is 0 Å². The van der Waals surface area contributed by atoms with E-state index in [1.54, 1.807) is 11.6 Å². The summed E-state index contributed by atoms with van der Waals surface area (Å²) < 4.78 is 0. The van der Waals surface area contributed by atoms with Gasteiger partial charge in [-0.1, -0.05) is 29.8 Å². The molecule has 19 heavy (non-hydrogen) atoms. The van der Waals surface area contributed by atoms with Gasteiger partial charge in [0.05, 0.1) is 0 Å². The Labute approximate surface area is 114 Å². The van der Waals surface area contributed by atoms with Crippen LogP contribution in [0.25, 0.3) is 0 Å². The van der Waals surface area contributed by atoms with Gasteiger partial charge in [0.1, 0.15) is 0 Å². The predicted molar refractivity (Wildman–Crippen MR) is 77.8 cm³/mol. The largest absolute Gasteiger partial charge is 0.366 e. The number of primary amides is 1. The molecule has 0 bridgehead atoms. The van der Waals surface area contributed by atoms with E-state index >= 15 is 0 Å². The van der Waals surface area contributed by atoms with Crippen LogP contribution in [0.4, 0.5) is 0 Å². The first-order valence-corrected chi connectivity index (χ1v) is 7.03. The SMILES string of the molecule is NC(=O)c1ccccc1CNCCC1=CCCCC1. The van der Waals surface area contributed by atoms with Gasteiger partial charge in [-0.2, -0.15) is 0 Å². The van der Waals surface area contributed by atoms with E-state index in [2.05, 4.69) is 11.4 Å². The number of carbonyl (C=O) groups excluding carboxylic acids is 1. The third-order valence-electron chi connectivity index (χ3n) is 3.61. The van der Waals surface area contributed by atoms with Crippen LogP contribution in [0.3, 0.4) is 0 Å². The van der Waals surface area contributed by atoms with Crippen LogP contribution in [0.2, 0.25) is 0 Å². The summed E-state index contributed by atoms with van der Waals surface area (Å²) in [5.74, 6) is -0.354. The van der Waals surface area contributed by atoms with E-state index in [1.165, 1.54) is 25.7 Å². The third-order valence-corrected chi connectivity index (χ3v) is 3.61. The molecule has 3 nitrogen and oxygen atoms in total. The Morgan fingerprint density at radius 2 is 2.11 bits per heavy atom. The fourth-order valence-electron chi connectivity index (χ4n) is 2.52. The average Bonchev–Trinajstić information content (AvgIpc) is 2.45. The molecule has 1 aliphatic carbocycles. The van der Waals surface area contributed by atoms with Crippen LogP contribution in [0.15, 0.2) is 35.9 Å². The molecule has 1 aromatic rings. The molecule has 0 radical (unpaired) electrons. The summed E-state index contributed by atoms with van der Waals surface area (Å²) in [5.41, 5.74) is 8.53. The summed E-state index contributed by atoms with van der Waals surface area (Å²) in [7, 11) is 0. The van der Waals surface area contributed by atoms with Crippen LogP contribution in [0.5, 0.6) is 0 Å². The number of amides is 1. The maximum Gasteiger partial charge on any atom is 0.249 e. The van der Waals surface area contributed by atoms with E-state index < -0.39 is 0 Å². The third kappa shape index (κ3) is 4.21. The van der Waals surface area contributed by atoms with Crippen molar-refractivity contribution in [2.24, 2.45) is 5.73 Å². The van der Waals surface area contributed by atoms with E-state index in [0.29, 0.717) is 12.1 Å². The molecule has 1 amide bonds. The molecule has 3 N–H and O–H groups in total. The van der Waals surface area contributed by atoms with Gasteiger partial charge in [0.2, 0.25) is 5.91 Å². The van der Waals surface area contributed by atoms with Gasteiger partial charge in [0.15, 0.2) is 0 Å². The molecular weight excluding hydrogens is 236 g/mol. The van der Waals surface area contributed by atoms with Crippen LogP contribution < -0.4 is 11.1 Å². The van der Waals surface area contributed by atoms with E-state index in [0.717, 1.165) is 18.5 Å². The Balaban J connectivity index is 1.79. The average molecular weight is 258 g/mol. The van der Waals surface area contributed by atoms with Crippen LogP contribution in [-0.2, 0) is 6.54 Å². The monoisotopic (exact) mass is 258 g/mol. The molecule has 1 aliphatic rings. The highest BCUT2D eigenvalue weighted by Crippen LogP contribution is 2.19. The van der Waals surface area contributed by atoms with Crippen LogP contribution in [-0.4, -0.2) is 12.5 Å². The highest BCUT2D eigenvalue weighted by Gasteiger charge is 2.07. The van der Waals surface area contributed by atoms with Gasteiger partial charge in [-0.25, -0.2) is 0 Å². The fourth-order valence-corrected chi connectivity index (χ4v) is 2.52. The standard InChI is InChI=1S/C16H22N2O/c17-16(19)15-9-5-4-8-14(15)12-18-11-10-13-6-2-1-3-7-13/h4-6,8-9,18H,1-3,7,10-12H2,(H2,17,19). The molecule has 0 unspecified atom stereocenters. The maximum absolute atomic E-state index is 11.3. The van der Waals surface area contributed by atoms with Gasteiger partial charge < -0.3 is 11.1 Å². The molecule has 0 heterocycles. The first-order chi connectivity index (χ1) is 9.27. The molecule has 0 saturated carbocycles. The predicted octanol–water partition coefficient (Wildman–Crippen LogP) is 2.77. The summed E-state index contributed by atoms with van der Waals surface area (Å²) in [6, 6.07) is 7.51. The molecule has 0 spiro atoms. The highest BCUT2D eigenvalue weighted by molar-refractivity contribution is 5.94. The van der Waals surface area contributed by atoms with E-state index in [1.807, 2.05) is 18.2 Å². The zero-order valence-corrected chi connectivity index (χ0v) is 11.3. The molecule has 0 aromatic heterocycles. The first-order valence-electron chi connectivity index (χ1n) is 7.03. The van der Waals surface area contributed by atoms with Gasteiger partial charge in [0.25, 0.3) is 0 Å². The van der Waals surface area contributed by atoms with Gasteiger partial charge in [-0.05, 0) is 50.3 Å². The Bertz CT molecular complexity index is 466. The Kier molecular flexibility index (Phi) is 5.16. The molecule has 102 valence electrons. The van der Waals surface area contributed by atoms with Crippen LogP contribution in [0.1, 0.15) is 48.0 Å². The van der Waals surface area contributed by atoms with E-state index in [-0.39, 0.29) is 5.91 Å². The minimum absolute atomic E-state index is 0.354. The Morgan fingerprint density at radius 1 is 1.26 bits per heavy atom. The van der Waals surface area contributed by atoms with Gasteiger partial charge in [0, 0.05) is 12.1 Å². The topological polar surface area (TPSA) is 55.1 Å². The summed E-state index contributed by atoms with van der Waals surface area (Å²) in [4.78, 5) is 11.3. The normalized spacial score (nSPS) is 15.1. The number of nitrogens with one attached hydrogen (secondary N) is 1. The molecular formula is C16H22N2O. The molecule has 0 atom stereocenters. The van der Waals surface area contributed by atoms with Crippen molar-refractivity contribution in [1.82, 2.24) is 5.32 Å². The summed E-state index contributed by atoms with van der Waals surface area (Å²) in [6.07, 6.45) is 8.64. The van der Waals surface area contributed by atoms with Crippen molar-refractivity contribution < 1.29 is 4.79 Å². The summed E-state index contributed by atoms with van der Waals surface area (Å²) in [6.45, 7) is 1.66. The first kappa shape index (κ1) is 13.8. The van der Waals surface area contributed by atoms with Crippen molar-refractivity contribution in [3.8, 4) is 0 Å². The number of benzene rings is 1. The molecule has 0 fully saturated rings. The number of hydrogen-bond acceptors (Lipinski definition) is 2. The minimum atomic E-state index is -0.354. The lowest BCUT2D eigenvalue weighted by Gasteiger charge is -2.13. The van der Waals surface area contributed by atoms with Crippen LogP contribution in [0, 0.1) is 0 Å². The Morgan fingerprint density at radius 3 is 2.84 bits per heavy atom. The second-order valence-corrected chi connectivity index (χ2v) is 5.06. The number of rotatable bonds is 6. The lowest BCUT2D eigenvalue weighted by molar-refractivity contribution is 0.0999. The van der Waals surface area contributed by atoms with Gasteiger partial charge in [-0.15, -0.1) is 0 Å². The molecule has 1 aromatic carbocycles. The molecule has 0 aliphatic heterocycles. The number of hydrogen-bond donors (Lipinski definition) is 2. The second kappa shape index (κ2) is 7.10. The quantitative estimate of drug-likeness (QED) is 0.609. The van der Waals surface area contributed by atoms with E-state index in [9.17, 15) is 4.79 Å². The highest BCUT2D eigenvalue weighted by atomic mass is 16.1. The van der Waals surface area contributed by atoms with Gasteiger partial charge >= 0.3 is 0 Å². The smallest absolute Gasteiger partial charge is 0.249 e. The van der Waals surface area contributed by atoms with Crippen molar-refractivity contribution in [2.75, 3.05) is 6.54 Å². The summed E-state index contributed by atoms with van der Waals surface area (Å²) >= 11 is 0. The second-order valence-electron chi connectivity index (χ2n) is 5.06. The number of carbonyl (C=O) groups is 1. The van der Waals surface area contributed by atoms with Crippen molar-refractivity contribution in [2.45, 2.75) is 38.6 Å². The Hall–Kier alpha value is -1.61. The van der Waals surface area contributed by atoms with Crippen molar-refractivity contribution in [3.63, 3.8) is 0 Å². The lowest BCUT2D eigenvalue weighted by atomic mass is 9.97. The van der Waals surface area contributed by atoms with Gasteiger partial charge in [-0.3, -0.25) is 4.79 Å². The zero-order chi connectivity index (χ0) is 13.5. The number of nitrogens with two attached hydrogens (primary N) is 1. The molecule has 0 saturated heterocycles. The minimum Gasteiger partial charge on any atom is -0.366 e.